The Balaban J connectivity index is 1.42. The molecule has 9 nitrogen and oxygen atoms in total. The smallest absolute Gasteiger partial charge is 0.227 e. The molecule has 0 amide bonds. The lowest BCUT2D eigenvalue weighted by atomic mass is 10.1. The summed E-state index contributed by atoms with van der Waals surface area (Å²) in [5.74, 6) is 1.92. The van der Waals surface area contributed by atoms with Crippen molar-refractivity contribution < 1.29 is 9.47 Å². The highest BCUT2D eigenvalue weighted by molar-refractivity contribution is 7.16. The quantitative estimate of drug-likeness (QED) is 0.441. The second kappa shape index (κ2) is 8.80. The SMILES string of the molecule is COc1cc(N2CC(N(C)C)C2)c(OC)cc1Nc1nccc(-c2cnc3scnc3c2)n1. The summed E-state index contributed by atoms with van der Waals surface area (Å²) in [7, 11) is 7.54. The van der Waals surface area contributed by atoms with Gasteiger partial charge in [0.1, 0.15) is 21.8 Å². The van der Waals surface area contributed by atoms with Crippen molar-refractivity contribution in [2.45, 2.75) is 6.04 Å². The molecule has 10 heteroatoms. The van der Waals surface area contributed by atoms with E-state index < -0.39 is 0 Å². The molecule has 1 fully saturated rings. The zero-order valence-electron chi connectivity index (χ0n) is 18.9. The maximum absolute atomic E-state index is 5.70. The Morgan fingerprint density at radius 3 is 2.64 bits per heavy atom. The monoisotopic (exact) mass is 463 g/mol. The summed E-state index contributed by atoms with van der Waals surface area (Å²) in [6.45, 7) is 1.89. The summed E-state index contributed by atoms with van der Waals surface area (Å²) in [6, 6.07) is 8.30. The van der Waals surface area contributed by atoms with Crippen LogP contribution in [-0.4, -0.2) is 72.3 Å². The van der Waals surface area contributed by atoms with Gasteiger partial charge in [0.15, 0.2) is 0 Å². The lowest BCUT2D eigenvalue weighted by molar-refractivity contribution is 0.245. The Labute approximate surface area is 196 Å². The fourth-order valence-electron chi connectivity index (χ4n) is 3.80. The summed E-state index contributed by atoms with van der Waals surface area (Å²) < 4.78 is 11.4. The molecule has 0 unspecified atom stereocenters. The van der Waals surface area contributed by atoms with E-state index in [9.17, 15) is 0 Å². The molecule has 0 bridgehead atoms. The van der Waals surface area contributed by atoms with Gasteiger partial charge in [-0.25, -0.2) is 19.9 Å². The number of pyridine rings is 1. The Kier molecular flexibility index (Phi) is 5.69. The zero-order chi connectivity index (χ0) is 22.9. The first kappa shape index (κ1) is 21.4. The van der Waals surface area contributed by atoms with Gasteiger partial charge >= 0.3 is 0 Å². The van der Waals surface area contributed by atoms with Crippen molar-refractivity contribution in [2.24, 2.45) is 0 Å². The number of rotatable bonds is 7. The predicted octanol–water partition coefficient (Wildman–Crippen LogP) is 3.66. The van der Waals surface area contributed by atoms with Gasteiger partial charge in [-0.3, -0.25) is 0 Å². The topological polar surface area (TPSA) is 88.5 Å². The highest BCUT2D eigenvalue weighted by Gasteiger charge is 2.31. The number of ether oxygens (including phenoxy) is 2. The van der Waals surface area contributed by atoms with E-state index in [-0.39, 0.29) is 0 Å². The normalized spacial score (nSPS) is 13.9. The van der Waals surface area contributed by atoms with Crippen LogP contribution in [0.25, 0.3) is 21.6 Å². The third-order valence-electron chi connectivity index (χ3n) is 5.82. The van der Waals surface area contributed by atoms with E-state index in [2.05, 4.69) is 49.1 Å². The van der Waals surface area contributed by atoms with E-state index in [1.165, 1.54) is 11.3 Å². The van der Waals surface area contributed by atoms with Gasteiger partial charge in [0.05, 0.1) is 36.8 Å². The lowest BCUT2D eigenvalue weighted by Gasteiger charge is -2.44. The van der Waals surface area contributed by atoms with Gasteiger partial charge in [-0.15, -0.1) is 11.3 Å². The van der Waals surface area contributed by atoms with Crippen LogP contribution in [0.4, 0.5) is 17.3 Å². The number of hydrogen-bond acceptors (Lipinski definition) is 10. The molecular formula is C23H25N7O2S. The second-order valence-electron chi connectivity index (χ2n) is 8.04. The number of likely N-dealkylation sites (N-methyl/N-ethyl adjacent to an activating group) is 1. The highest BCUT2D eigenvalue weighted by Crippen LogP contribution is 2.41. The minimum Gasteiger partial charge on any atom is -0.494 e. The van der Waals surface area contributed by atoms with Crippen LogP contribution in [-0.2, 0) is 0 Å². The molecule has 0 spiro atoms. The number of thiazole rings is 1. The third-order valence-corrected chi connectivity index (χ3v) is 6.57. The number of methoxy groups -OCH3 is 2. The van der Waals surface area contributed by atoms with Gasteiger partial charge in [-0.05, 0) is 26.2 Å². The van der Waals surface area contributed by atoms with E-state index >= 15 is 0 Å². The van der Waals surface area contributed by atoms with E-state index in [4.69, 9.17) is 9.47 Å². The summed E-state index contributed by atoms with van der Waals surface area (Å²) in [4.78, 5) is 23.3. The first-order valence-electron chi connectivity index (χ1n) is 10.5. The van der Waals surface area contributed by atoms with Crippen molar-refractivity contribution in [3.05, 3.63) is 42.2 Å². The van der Waals surface area contributed by atoms with Crippen LogP contribution in [0.3, 0.4) is 0 Å². The minimum absolute atomic E-state index is 0.454. The number of fused-ring (bicyclic) bond motifs is 1. The zero-order valence-corrected chi connectivity index (χ0v) is 19.8. The molecule has 0 saturated carbocycles. The average Bonchev–Trinajstić information content (AvgIpc) is 3.26. The number of aromatic nitrogens is 4. The van der Waals surface area contributed by atoms with Crippen molar-refractivity contribution >= 4 is 39.0 Å². The maximum Gasteiger partial charge on any atom is 0.227 e. The number of benzene rings is 1. The third kappa shape index (κ3) is 4.14. The van der Waals surface area contributed by atoms with Crippen molar-refractivity contribution in [1.82, 2.24) is 24.8 Å². The predicted molar refractivity (Wildman–Crippen MR) is 131 cm³/mol. The highest BCUT2D eigenvalue weighted by atomic mass is 32.1. The van der Waals surface area contributed by atoms with Gasteiger partial charge in [0, 0.05) is 49.2 Å². The number of hydrogen-bond donors (Lipinski definition) is 1. The first-order valence-corrected chi connectivity index (χ1v) is 11.4. The minimum atomic E-state index is 0.454. The summed E-state index contributed by atoms with van der Waals surface area (Å²) in [5.41, 5.74) is 6.02. The molecule has 5 rings (SSSR count). The van der Waals surface area contributed by atoms with Crippen LogP contribution in [0.2, 0.25) is 0 Å². The molecule has 33 heavy (non-hydrogen) atoms. The molecule has 1 aliphatic rings. The molecule has 0 atom stereocenters. The van der Waals surface area contributed by atoms with Crippen LogP contribution in [0, 0.1) is 0 Å². The van der Waals surface area contributed by atoms with Crippen molar-refractivity contribution in [3.63, 3.8) is 0 Å². The fraction of sp³-hybridized carbons (Fsp3) is 0.304. The molecule has 0 radical (unpaired) electrons. The maximum atomic E-state index is 5.70. The van der Waals surface area contributed by atoms with E-state index in [0.717, 1.165) is 51.8 Å². The second-order valence-corrected chi connectivity index (χ2v) is 8.87. The molecule has 3 aromatic heterocycles. The molecule has 0 aliphatic carbocycles. The number of anilines is 3. The van der Waals surface area contributed by atoms with Crippen LogP contribution in [0.5, 0.6) is 11.5 Å². The Morgan fingerprint density at radius 1 is 1.06 bits per heavy atom. The van der Waals surface area contributed by atoms with Crippen molar-refractivity contribution in [3.8, 4) is 22.8 Å². The first-order chi connectivity index (χ1) is 16.1. The fourth-order valence-corrected chi connectivity index (χ4v) is 4.41. The van der Waals surface area contributed by atoms with Crippen LogP contribution < -0.4 is 19.7 Å². The average molecular weight is 464 g/mol. The summed E-state index contributed by atoms with van der Waals surface area (Å²) >= 11 is 1.52. The largest absolute Gasteiger partial charge is 0.494 e. The molecule has 170 valence electrons. The van der Waals surface area contributed by atoms with Gasteiger partial charge in [-0.1, -0.05) is 0 Å². The van der Waals surface area contributed by atoms with Gasteiger partial charge in [0.2, 0.25) is 5.95 Å². The Bertz CT molecular complexity index is 1290. The number of nitrogens with zero attached hydrogens (tertiary/aromatic N) is 6. The van der Waals surface area contributed by atoms with Crippen molar-refractivity contribution in [2.75, 3.05) is 51.6 Å². The number of nitrogens with one attached hydrogen (secondary N) is 1. The van der Waals surface area contributed by atoms with E-state index in [1.807, 2.05) is 24.3 Å². The van der Waals surface area contributed by atoms with Gasteiger partial charge in [0.25, 0.3) is 0 Å². The standard InChI is InChI=1S/C23H25N7O2S/c1-29(2)15-11-30(12-15)19-9-20(31-3)17(8-21(19)32-4)28-23-24-6-5-16(27-23)14-7-18-22(25-10-14)33-13-26-18/h5-10,13,15H,11-12H2,1-4H3,(H,24,27,28). The molecule has 1 aromatic carbocycles. The van der Waals surface area contributed by atoms with E-state index in [0.29, 0.717) is 17.7 Å². The summed E-state index contributed by atoms with van der Waals surface area (Å²) in [6.07, 6.45) is 3.52. The molecule has 4 heterocycles. The molecule has 1 saturated heterocycles. The Morgan fingerprint density at radius 2 is 1.88 bits per heavy atom. The molecular weight excluding hydrogens is 438 g/mol. The van der Waals surface area contributed by atoms with Crippen LogP contribution >= 0.6 is 11.3 Å². The van der Waals surface area contributed by atoms with Crippen LogP contribution in [0.15, 0.2) is 42.2 Å². The summed E-state index contributed by atoms with van der Waals surface area (Å²) in [5, 5.41) is 3.28. The van der Waals surface area contributed by atoms with Crippen LogP contribution in [0.1, 0.15) is 0 Å². The van der Waals surface area contributed by atoms with Gasteiger partial charge in [-0.2, -0.15) is 0 Å². The van der Waals surface area contributed by atoms with Crippen molar-refractivity contribution in [1.29, 1.82) is 0 Å². The van der Waals surface area contributed by atoms with Gasteiger partial charge < -0.3 is 24.6 Å². The Hall–Kier alpha value is -3.50. The molecule has 1 aliphatic heterocycles. The van der Waals surface area contributed by atoms with E-state index in [1.54, 1.807) is 32.1 Å². The lowest BCUT2D eigenvalue weighted by Crippen LogP contribution is -2.57. The molecule has 4 aromatic rings. The molecule has 1 N–H and O–H groups in total.